The molecule has 0 aliphatic carbocycles. The van der Waals surface area contributed by atoms with E-state index < -0.39 is 28.4 Å². The third kappa shape index (κ3) is 4.08. The Morgan fingerprint density at radius 2 is 1.76 bits per heavy atom. The van der Waals surface area contributed by atoms with Gasteiger partial charge in [-0.05, 0) is 48.9 Å². The SMILES string of the molecule is COC(=O)CN(c1cc(C)ccc1OC)S(=O)(=O)c1ccc(F)cc1. The molecule has 0 heterocycles. The Kier molecular flexibility index (Phi) is 5.63. The maximum atomic E-state index is 13.1. The van der Waals surface area contributed by atoms with E-state index in [-0.39, 0.29) is 16.3 Å². The fourth-order valence-electron chi connectivity index (χ4n) is 2.21. The van der Waals surface area contributed by atoms with Crippen molar-refractivity contribution in [1.29, 1.82) is 0 Å². The van der Waals surface area contributed by atoms with Crippen LogP contribution in [-0.4, -0.2) is 35.2 Å². The van der Waals surface area contributed by atoms with Crippen LogP contribution in [0.1, 0.15) is 5.56 Å². The highest BCUT2D eigenvalue weighted by Crippen LogP contribution is 2.33. The minimum absolute atomic E-state index is 0.152. The predicted octanol–water partition coefficient (Wildman–Crippen LogP) is 2.51. The summed E-state index contributed by atoms with van der Waals surface area (Å²) in [6.07, 6.45) is 0. The van der Waals surface area contributed by atoms with Crippen LogP contribution in [0.4, 0.5) is 10.1 Å². The molecule has 0 amide bonds. The number of nitrogens with zero attached hydrogens (tertiary/aromatic N) is 1. The van der Waals surface area contributed by atoms with Crippen molar-refractivity contribution in [2.75, 3.05) is 25.1 Å². The number of carbonyl (C=O) groups is 1. The van der Waals surface area contributed by atoms with E-state index >= 15 is 0 Å². The second-order valence-corrected chi connectivity index (χ2v) is 7.08. The van der Waals surface area contributed by atoms with Gasteiger partial charge < -0.3 is 9.47 Å². The van der Waals surface area contributed by atoms with E-state index in [2.05, 4.69) is 4.74 Å². The van der Waals surface area contributed by atoms with Gasteiger partial charge in [-0.25, -0.2) is 12.8 Å². The Morgan fingerprint density at radius 3 is 2.32 bits per heavy atom. The standard InChI is InChI=1S/C17H18FNO5S/c1-12-4-9-16(23-2)15(10-12)19(11-17(20)24-3)25(21,22)14-7-5-13(18)6-8-14/h4-10H,11H2,1-3H3. The Hall–Kier alpha value is -2.61. The number of hydrogen-bond donors (Lipinski definition) is 0. The summed E-state index contributed by atoms with van der Waals surface area (Å²) in [5, 5.41) is 0. The van der Waals surface area contributed by atoms with E-state index in [9.17, 15) is 17.6 Å². The van der Waals surface area contributed by atoms with Gasteiger partial charge in [-0.1, -0.05) is 6.07 Å². The molecule has 25 heavy (non-hydrogen) atoms. The van der Waals surface area contributed by atoms with Crippen LogP contribution < -0.4 is 9.04 Å². The Bertz CT molecular complexity index is 865. The van der Waals surface area contributed by atoms with Crippen molar-refractivity contribution in [3.8, 4) is 5.75 Å². The molecule has 0 aliphatic rings. The first-order valence-electron chi connectivity index (χ1n) is 7.29. The van der Waals surface area contributed by atoms with Gasteiger partial charge in [-0.2, -0.15) is 0 Å². The van der Waals surface area contributed by atoms with Crippen molar-refractivity contribution in [2.45, 2.75) is 11.8 Å². The number of ether oxygens (including phenoxy) is 2. The largest absolute Gasteiger partial charge is 0.495 e. The van der Waals surface area contributed by atoms with Crippen LogP contribution >= 0.6 is 0 Å². The molecule has 0 atom stereocenters. The summed E-state index contributed by atoms with van der Waals surface area (Å²) in [5.41, 5.74) is 0.970. The quantitative estimate of drug-likeness (QED) is 0.734. The Labute approximate surface area is 145 Å². The summed E-state index contributed by atoms with van der Waals surface area (Å²) < 4.78 is 49.9. The number of hydrogen-bond acceptors (Lipinski definition) is 5. The second kappa shape index (κ2) is 7.52. The zero-order chi connectivity index (χ0) is 18.6. The number of sulfonamides is 1. The van der Waals surface area contributed by atoms with Gasteiger partial charge in [0.2, 0.25) is 0 Å². The van der Waals surface area contributed by atoms with Gasteiger partial charge in [0.25, 0.3) is 10.0 Å². The number of halogens is 1. The first-order valence-corrected chi connectivity index (χ1v) is 8.73. The van der Waals surface area contributed by atoms with Crippen LogP contribution in [-0.2, 0) is 19.6 Å². The number of carbonyl (C=O) groups excluding carboxylic acids is 1. The van der Waals surface area contributed by atoms with Gasteiger partial charge in [0.05, 0.1) is 24.8 Å². The van der Waals surface area contributed by atoms with E-state index in [1.54, 1.807) is 25.1 Å². The van der Waals surface area contributed by atoms with E-state index in [1.807, 2.05) is 0 Å². The number of benzene rings is 2. The van der Waals surface area contributed by atoms with Gasteiger partial charge in [-0.15, -0.1) is 0 Å². The molecule has 0 saturated carbocycles. The Morgan fingerprint density at radius 1 is 1.12 bits per heavy atom. The molecule has 0 aliphatic heterocycles. The summed E-state index contributed by atoms with van der Waals surface area (Å²) in [7, 11) is -1.58. The lowest BCUT2D eigenvalue weighted by Crippen LogP contribution is -2.36. The lowest BCUT2D eigenvalue weighted by Gasteiger charge is -2.25. The minimum Gasteiger partial charge on any atom is -0.495 e. The topological polar surface area (TPSA) is 72.9 Å². The monoisotopic (exact) mass is 367 g/mol. The molecule has 0 spiro atoms. The third-order valence-corrected chi connectivity index (χ3v) is 5.28. The first kappa shape index (κ1) is 18.7. The summed E-state index contributed by atoms with van der Waals surface area (Å²) >= 11 is 0. The van der Waals surface area contributed by atoms with Gasteiger partial charge in [0, 0.05) is 0 Å². The third-order valence-electron chi connectivity index (χ3n) is 3.51. The molecule has 6 nitrogen and oxygen atoms in total. The molecule has 0 fully saturated rings. The van der Waals surface area contributed by atoms with E-state index in [4.69, 9.17) is 4.74 Å². The molecule has 2 rings (SSSR count). The molecule has 2 aromatic rings. The molecule has 0 N–H and O–H groups in total. The zero-order valence-corrected chi connectivity index (χ0v) is 14.8. The number of methoxy groups -OCH3 is 2. The van der Waals surface area contributed by atoms with Crippen LogP contribution in [0.2, 0.25) is 0 Å². The zero-order valence-electron chi connectivity index (χ0n) is 14.0. The average molecular weight is 367 g/mol. The highest BCUT2D eigenvalue weighted by Gasteiger charge is 2.29. The van der Waals surface area contributed by atoms with Gasteiger partial charge in [0.15, 0.2) is 0 Å². The molecule has 0 radical (unpaired) electrons. The number of anilines is 1. The highest BCUT2D eigenvalue weighted by molar-refractivity contribution is 7.92. The van der Waals surface area contributed by atoms with Crippen LogP contribution in [0, 0.1) is 12.7 Å². The number of rotatable bonds is 6. The van der Waals surface area contributed by atoms with Crippen LogP contribution in [0.15, 0.2) is 47.4 Å². The van der Waals surface area contributed by atoms with Crippen molar-refractivity contribution < 1.29 is 27.1 Å². The van der Waals surface area contributed by atoms with E-state index in [1.165, 1.54) is 14.2 Å². The minimum atomic E-state index is -4.14. The van der Waals surface area contributed by atoms with Crippen molar-refractivity contribution in [2.24, 2.45) is 0 Å². The summed E-state index contributed by atoms with van der Waals surface area (Å²) in [5.74, 6) is -1.03. The van der Waals surface area contributed by atoms with Crippen LogP contribution in [0.25, 0.3) is 0 Å². The van der Waals surface area contributed by atoms with Crippen molar-refractivity contribution in [3.05, 3.63) is 53.8 Å². The summed E-state index contributed by atoms with van der Waals surface area (Å²) in [6.45, 7) is 1.24. The molecule has 0 unspecified atom stereocenters. The van der Waals surface area contributed by atoms with Crippen molar-refractivity contribution >= 4 is 21.7 Å². The van der Waals surface area contributed by atoms with E-state index in [0.29, 0.717) is 0 Å². The molecule has 134 valence electrons. The van der Waals surface area contributed by atoms with Gasteiger partial charge >= 0.3 is 5.97 Å². The molecule has 0 saturated heterocycles. The summed E-state index contributed by atoms with van der Waals surface area (Å²) in [4.78, 5) is 11.6. The van der Waals surface area contributed by atoms with Crippen LogP contribution in [0.3, 0.4) is 0 Å². The van der Waals surface area contributed by atoms with Gasteiger partial charge in [0.1, 0.15) is 18.1 Å². The van der Waals surface area contributed by atoms with E-state index in [0.717, 1.165) is 34.1 Å². The van der Waals surface area contributed by atoms with Crippen molar-refractivity contribution in [1.82, 2.24) is 0 Å². The molecular formula is C17H18FNO5S. The maximum absolute atomic E-state index is 13.1. The number of esters is 1. The van der Waals surface area contributed by atoms with Crippen LogP contribution in [0.5, 0.6) is 5.75 Å². The van der Waals surface area contributed by atoms with Crippen molar-refractivity contribution in [3.63, 3.8) is 0 Å². The van der Waals surface area contributed by atoms with Gasteiger partial charge in [-0.3, -0.25) is 9.10 Å². The molecule has 0 bridgehead atoms. The lowest BCUT2D eigenvalue weighted by molar-refractivity contribution is -0.138. The molecule has 8 heteroatoms. The Balaban J connectivity index is 2.62. The fourth-order valence-corrected chi connectivity index (χ4v) is 3.62. The number of aryl methyl sites for hydroxylation is 1. The molecule has 0 aromatic heterocycles. The highest BCUT2D eigenvalue weighted by atomic mass is 32.2. The average Bonchev–Trinajstić information content (AvgIpc) is 2.59. The molecular weight excluding hydrogens is 349 g/mol. The normalized spacial score (nSPS) is 11.0. The summed E-state index contributed by atoms with van der Waals surface area (Å²) in [6, 6.07) is 9.29. The predicted molar refractivity (Wildman–Crippen MR) is 90.7 cm³/mol. The maximum Gasteiger partial charge on any atom is 0.326 e. The molecule has 2 aromatic carbocycles. The second-order valence-electron chi connectivity index (χ2n) is 5.22. The fraction of sp³-hybridized carbons (Fsp3) is 0.235. The first-order chi connectivity index (χ1) is 11.8. The smallest absolute Gasteiger partial charge is 0.326 e. The lowest BCUT2D eigenvalue weighted by atomic mass is 10.2.